The van der Waals surface area contributed by atoms with Crippen molar-refractivity contribution in [1.29, 1.82) is 1.43 Å². The number of methoxy groups -OCH3 is 1. The molecule has 1 saturated heterocycles. The molecule has 1 heterocycles. The van der Waals surface area contributed by atoms with Crippen molar-refractivity contribution in [2.24, 2.45) is 16.7 Å². The molecule has 0 spiro atoms. The predicted molar refractivity (Wildman–Crippen MR) is 148 cm³/mol. The number of rotatable bonds is 9. The van der Waals surface area contributed by atoms with Gasteiger partial charge in [0.25, 0.3) is 0 Å². The maximum Gasteiger partial charge on any atom is 0.211 e. The Bertz CT molecular complexity index is 1740. The Labute approximate surface area is 249 Å². The van der Waals surface area contributed by atoms with Gasteiger partial charge < -0.3 is 19.3 Å². The van der Waals surface area contributed by atoms with Crippen molar-refractivity contribution in [2.75, 3.05) is 26.7 Å². The molecule has 1 saturated carbocycles. The molecule has 2 fully saturated rings. The van der Waals surface area contributed by atoms with E-state index in [0.717, 1.165) is 48.5 Å². The molecule has 5 atom stereocenters. The van der Waals surface area contributed by atoms with Gasteiger partial charge in [0.1, 0.15) is 0 Å². The Kier molecular flexibility index (Phi) is 3.44. The Balaban J connectivity index is 2.58. The molecule has 5 heteroatoms. The highest BCUT2D eigenvalue weighted by molar-refractivity contribution is 5.48. The summed E-state index contributed by atoms with van der Waals surface area (Å²) in [4.78, 5) is 0.328. The molecule has 1 aromatic carbocycles. The van der Waals surface area contributed by atoms with Crippen LogP contribution in [0.5, 0.6) is 11.5 Å². The fraction of sp³-hybridized carbons (Fsp3) is 0.806. The zero-order valence-corrected chi connectivity index (χ0v) is 23.1. The Morgan fingerprint density at radius 1 is 1.28 bits per heavy atom. The van der Waals surface area contributed by atoms with E-state index in [1.807, 2.05) is 0 Å². The van der Waals surface area contributed by atoms with Crippen molar-refractivity contribution in [3.8, 4) is 11.5 Å². The van der Waals surface area contributed by atoms with Crippen molar-refractivity contribution in [3.63, 3.8) is 0 Å². The van der Waals surface area contributed by atoms with Crippen LogP contribution in [0.2, 0.25) is 0 Å². The van der Waals surface area contributed by atoms with Crippen LogP contribution >= 0.6 is 0 Å². The normalized spacial score (nSPS) is 52.8. The number of ether oxygens (including phenoxy) is 3. The van der Waals surface area contributed by atoms with Crippen LogP contribution in [0.25, 0.3) is 0 Å². The number of likely N-dealkylation sites (tertiary alicyclic amines) is 1. The van der Waals surface area contributed by atoms with Gasteiger partial charge in [0.15, 0.2) is 11.5 Å². The minimum atomic E-state index is -3.70. The van der Waals surface area contributed by atoms with E-state index in [2.05, 4.69) is 0 Å². The molecule has 1 aliphatic carbocycles. The van der Waals surface area contributed by atoms with Crippen molar-refractivity contribution in [1.82, 2.24) is 4.90 Å². The van der Waals surface area contributed by atoms with Gasteiger partial charge in [-0.05, 0) is 87.3 Å². The molecule has 3 rings (SSSR count). The molecule has 5 nitrogen and oxygen atoms in total. The molecular formula is C31H53NO4. The van der Waals surface area contributed by atoms with Gasteiger partial charge in [-0.25, -0.2) is 0 Å². The summed E-state index contributed by atoms with van der Waals surface area (Å²) in [7, 11) is -3.25. The number of aliphatic hydroxyl groups is 1. The summed E-state index contributed by atoms with van der Waals surface area (Å²) < 4.78 is 194. The van der Waals surface area contributed by atoms with E-state index in [9.17, 15) is 13.7 Å². The average molecular weight is 524 g/mol. The Morgan fingerprint density at radius 3 is 2.56 bits per heavy atom. The monoisotopic (exact) mass is 524 g/mol. The van der Waals surface area contributed by atoms with Crippen LogP contribution in [0.4, 0.5) is 0 Å². The topological polar surface area (TPSA) is 51.2 Å². The van der Waals surface area contributed by atoms with Crippen molar-refractivity contribution in [3.05, 3.63) is 23.2 Å². The summed E-state index contributed by atoms with van der Waals surface area (Å²) in [6.45, 7) is 2.64. The van der Waals surface area contributed by atoms with E-state index >= 15 is 0 Å². The molecule has 1 N–H and O–H groups in total. The third kappa shape index (κ3) is 4.80. The van der Waals surface area contributed by atoms with Gasteiger partial charge in [-0.2, -0.15) is 0 Å². The molecule has 36 heavy (non-hydrogen) atoms. The van der Waals surface area contributed by atoms with Crippen molar-refractivity contribution in [2.45, 2.75) is 118 Å². The first-order valence-electron chi connectivity index (χ1n) is 21.8. The molecule has 2 unspecified atom stereocenters. The molecule has 0 amide bonds. The number of nitrogens with zero attached hydrogens (tertiary/aromatic N) is 1. The summed E-state index contributed by atoms with van der Waals surface area (Å²) in [6, 6.07) is -5.55. The van der Waals surface area contributed by atoms with Gasteiger partial charge in [-0.1, -0.05) is 41.5 Å². The van der Waals surface area contributed by atoms with Gasteiger partial charge in [0, 0.05) is 36.3 Å². The summed E-state index contributed by atoms with van der Waals surface area (Å²) in [5.74, 6) is -7.43. The summed E-state index contributed by atoms with van der Waals surface area (Å²) in [5.41, 5.74) is -9.91. The van der Waals surface area contributed by atoms with Crippen LogP contribution in [0.15, 0.2) is 12.1 Å². The maximum absolute atomic E-state index is 10.2. The van der Waals surface area contributed by atoms with Gasteiger partial charge in [-0.3, -0.25) is 4.90 Å². The van der Waals surface area contributed by atoms with Crippen LogP contribution in [-0.2, 0) is 4.74 Å². The lowest BCUT2D eigenvalue weighted by molar-refractivity contribution is -0.186. The third-order valence-electron chi connectivity index (χ3n) is 8.05. The number of hydrogen-bond donors (Lipinski definition) is 1. The molecule has 0 bridgehead atoms. The minimum Gasteiger partial charge on any atom is -0.493 e. The van der Waals surface area contributed by atoms with Crippen molar-refractivity contribution >= 4 is 0 Å². The largest absolute Gasteiger partial charge is 0.493 e. The zero-order chi connectivity index (χ0) is 44.9. The Morgan fingerprint density at radius 2 is 1.97 bits per heavy atom. The van der Waals surface area contributed by atoms with Gasteiger partial charge >= 0.3 is 0 Å². The van der Waals surface area contributed by atoms with Gasteiger partial charge in [0.2, 0.25) is 1.43 Å². The van der Waals surface area contributed by atoms with Crippen LogP contribution in [-0.4, -0.2) is 61.3 Å². The van der Waals surface area contributed by atoms with Crippen LogP contribution < -0.4 is 9.47 Å². The van der Waals surface area contributed by atoms with Gasteiger partial charge in [-0.15, -0.1) is 0 Å². The predicted octanol–water partition coefficient (Wildman–Crippen LogP) is 6.59. The highest BCUT2D eigenvalue weighted by Crippen LogP contribution is 2.57. The Hall–Kier alpha value is -1.30. The van der Waals surface area contributed by atoms with E-state index in [1.54, 1.807) is 0 Å². The van der Waals surface area contributed by atoms with Crippen molar-refractivity contribution < 1.29 is 45.4 Å². The molecule has 0 radical (unpaired) electrons. The second-order valence-electron chi connectivity index (χ2n) is 11.0. The van der Waals surface area contributed by atoms with E-state index in [4.69, 9.17) is 33.1 Å². The van der Waals surface area contributed by atoms with E-state index < -0.39 is 120 Å². The minimum absolute atomic E-state index is 0.328. The van der Waals surface area contributed by atoms with E-state index in [1.165, 1.54) is 27.7 Å². The highest BCUT2D eigenvalue weighted by atomic mass is 16.5. The summed E-state index contributed by atoms with van der Waals surface area (Å²) in [6.07, 6.45) is -10.2. The van der Waals surface area contributed by atoms with Crippen LogP contribution in [0.3, 0.4) is 0 Å². The lowest BCUT2D eigenvalue weighted by Crippen LogP contribution is -2.66. The summed E-state index contributed by atoms with van der Waals surface area (Å²) >= 11 is 0. The van der Waals surface area contributed by atoms with Crippen LogP contribution in [0, 0.1) is 23.6 Å². The SMILES string of the molecule is [2H]O[C@@]1(C)C(C)(C)N([C@]2([2H])C([2H])([2H])C([2H])(C)C(C)(C)C(C)(C)[C@@]2([2H])OC([2H])([2H])C([2H])(C)c2c([2H])c(OC([2H])([2H])C)c(OC([2H])([2H])[2H])c([2H])c2C)C([2H])([2H])C1([2H])[2H]. The highest BCUT2D eigenvalue weighted by Gasteiger charge is 2.60. The molecule has 206 valence electrons. The first-order valence-corrected chi connectivity index (χ1v) is 11.8. The first-order chi connectivity index (χ1) is 24.2. The molecule has 2 aliphatic rings. The molecule has 0 aromatic heterocycles. The van der Waals surface area contributed by atoms with Crippen LogP contribution in [0.1, 0.15) is 125 Å². The fourth-order valence-corrected chi connectivity index (χ4v) is 4.13. The molecule has 1 aromatic rings. The van der Waals surface area contributed by atoms with Gasteiger partial charge in [0.05, 0.1) is 45.5 Å². The standard InChI is InChI=1S/C31H53NO4/c1-13-35-26-18-23(20(2)16-25(26)34-12)21(3)19-36-27-24(17-22(4)28(5,6)29(27,7)8)32-15-14-31(11,33)30(32,9)10/h16,18,21-22,24,27,33H,13-15,17,19H2,1-12H3/t21?,22?,24-,27+,31-/m1/s1/i12D3,13D2,14D2,15D2,16D,17D2,18D,19D2,21D,22D,24D,27D,33D. The molecule has 1 aliphatic heterocycles. The lowest BCUT2D eigenvalue weighted by atomic mass is 9.52. The second-order valence-corrected chi connectivity index (χ2v) is 11.0. The second kappa shape index (κ2) is 10.1. The quantitative estimate of drug-likeness (QED) is 0.396. The maximum atomic E-state index is 10.2. The zero-order valence-electron chi connectivity index (χ0n) is 43.1. The van der Waals surface area contributed by atoms with E-state index in [0.29, 0.717) is 4.90 Å². The summed E-state index contributed by atoms with van der Waals surface area (Å²) in [5, 5.41) is 4.86. The smallest absolute Gasteiger partial charge is 0.211 e. The lowest BCUT2D eigenvalue weighted by Gasteiger charge is -2.60. The van der Waals surface area contributed by atoms with E-state index in [-0.39, 0.29) is 0 Å². The fourth-order valence-electron chi connectivity index (χ4n) is 4.13. The first kappa shape index (κ1) is 12.3. The number of benzene rings is 1. The number of hydrogen-bond acceptors (Lipinski definition) is 5. The average Bonchev–Trinajstić information content (AvgIpc) is 3.05. The third-order valence-corrected chi connectivity index (χ3v) is 8.05. The molecular weight excluding hydrogens is 450 g/mol.